The molecule has 0 radical (unpaired) electrons. The first-order valence-electron chi connectivity index (χ1n) is 22.5. The Morgan fingerprint density at radius 3 is 1.78 bits per heavy atom. The number of epoxide rings is 1. The zero-order valence-electron chi connectivity index (χ0n) is 37.5. The van der Waals surface area contributed by atoms with Crippen molar-refractivity contribution in [2.45, 2.75) is 120 Å². The van der Waals surface area contributed by atoms with Gasteiger partial charge in [0.05, 0.1) is 39.6 Å². The largest absolute Gasteiger partial charge is 0.464 e. The number of esters is 1. The van der Waals surface area contributed by atoms with Crippen LogP contribution in [0.5, 0.6) is 0 Å². The molecule has 67 heavy (non-hydrogen) atoms. The fraction of sp³-hybridized carbons (Fsp3) is 0.440. The van der Waals surface area contributed by atoms with Crippen molar-refractivity contribution in [3.8, 4) is 0 Å². The van der Waals surface area contributed by atoms with Crippen molar-refractivity contribution in [2.75, 3.05) is 19.8 Å². The first-order chi connectivity index (χ1) is 32.6. The van der Waals surface area contributed by atoms with E-state index < -0.39 is 97.5 Å². The molecule has 4 aliphatic heterocycles. The molecule has 0 unspecified atom stereocenters. The van der Waals surface area contributed by atoms with E-state index in [2.05, 4.69) is 16.0 Å². The molecule has 4 aromatic rings. The van der Waals surface area contributed by atoms with E-state index in [0.717, 1.165) is 22.3 Å². The van der Waals surface area contributed by atoms with Crippen LogP contribution in [-0.4, -0.2) is 117 Å². The Hall–Kier alpha value is -5.60. The summed E-state index contributed by atoms with van der Waals surface area (Å²) in [5.41, 5.74) is 3.38. The van der Waals surface area contributed by atoms with Gasteiger partial charge >= 0.3 is 5.97 Å². The lowest BCUT2D eigenvalue weighted by molar-refractivity contribution is -0.366. The molecule has 0 spiro atoms. The van der Waals surface area contributed by atoms with E-state index in [1.807, 2.05) is 121 Å². The summed E-state index contributed by atoms with van der Waals surface area (Å²) in [6, 6.07) is 36.0. The molecule has 17 nitrogen and oxygen atoms in total. The molecule has 17 heteroatoms. The van der Waals surface area contributed by atoms with Crippen LogP contribution in [0.25, 0.3) is 0 Å². The van der Waals surface area contributed by atoms with Gasteiger partial charge in [0.2, 0.25) is 11.8 Å². The van der Waals surface area contributed by atoms with Crippen LogP contribution in [0.1, 0.15) is 49.3 Å². The zero-order chi connectivity index (χ0) is 46.7. The predicted molar refractivity (Wildman–Crippen MR) is 237 cm³/mol. The molecule has 4 aromatic carbocycles. The van der Waals surface area contributed by atoms with Crippen molar-refractivity contribution in [1.82, 2.24) is 16.0 Å². The van der Waals surface area contributed by atoms with Gasteiger partial charge in [0.15, 0.2) is 31.0 Å². The number of hydrogen-bond donors (Lipinski definition) is 3. The molecule has 0 aromatic heterocycles. The van der Waals surface area contributed by atoms with E-state index in [9.17, 15) is 19.2 Å². The average molecular weight is 924 g/mol. The first-order valence-corrected chi connectivity index (χ1v) is 22.5. The number of carbonyl (C=O) groups is 4. The van der Waals surface area contributed by atoms with Crippen LogP contribution >= 0.6 is 0 Å². The zero-order valence-corrected chi connectivity index (χ0v) is 37.5. The van der Waals surface area contributed by atoms with Crippen molar-refractivity contribution >= 4 is 23.7 Å². The predicted octanol–water partition coefficient (Wildman–Crippen LogP) is 3.78. The van der Waals surface area contributed by atoms with Gasteiger partial charge in [-0.15, -0.1) is 0 Å². The number of amides is 3. The van der Waals surface area contributed by atoms with Crippen molar-refractivity contribution in [3.63, 3.8) is 0 Å². The lowest BCUT2D eigenvalue weighted by atomic mass is 9.93. The maximum Gasteiger partial charge on any atom is 0.338 e. The standard InChI is InChI=1S/C50H57N3O14/c1-4-59-48(57)45-44(65-45)46(56)53-47-38(51-30(2)54)42(60-26-33-19-11-6-12-20-33)40(36(63-47)28-58-25-32-17-9-5-10-18-32)67-50-39(52-31(3)55)43(61-27-34-21-13-7-14-22-34)41-37(64-50)29-62-49(66-41)35-23-15-8-16-24-35/h5-24,36-45,47,49-50H,4,25-29H2,1-3H3,(H,51,54)(H,52,55)(H,53,56)/t36-,37-,38-,39-,40-,41-,42-,43-,44-,45-,47-,49-,50+/m1/s1. The van der Waals surface area contributed by atoms with Crippen LogP contribution in [0.4, 0.5) is 0 Å². The van der Waals surface area contributed by atoms with Gasteiger partial charge in [-0.25, -0.2) is 4.79 Å². The Labute approximate surface area is 388 Å². The van der Waals surface area contributed by atoms with Gasteiger partial charge in [0, 0.05) is 19.4 Å². The molecular formula is C50H57N3O14. The van der Waals surface area contributed by atoms with Gasteiger partial charge in [-0.05, 0) is 23.6 Å². The molecule has 0 saturated carbocycles. The number of rotatable bonds is 19. The van der Waals surface area contributed by atoms with Crippen LogP contribution in [0.15, 0.2) is 121 Å². The van der Waals surface area contributed by atoms with Gasteiger partial charge in [0.25, 0.3) is 5.91 Å². The van der Waals surface area contributed by atoms with E-state index in [1.165, 1.54) is 13.8 Å². The molecule has 0 bridgehead atoms. The Morgan fingerprint density at radius 1 is 0.612 bits per heavy atom. The highest BCUT2D eigenvalue weighted by Gasteiger charge is 2.57. The topological polar surface area (TPSA) is 200 Å². The van der Waals surface area contributed by atoms with Crippen molar-refractivity contribution < 1.29 is 66.5 Å². The molecule has 4 aliphatic rings. The molecule has 8 rings (SSSR count). The smallest absolute Gasteiger partial charge is 0.338 e. The van der Waals surface area contributed by atoms with Gasteiger partial charge in [-0.2, -0.15) is 0 Å². The molecule has 4 fully saturated rings. The van der Waals surface area contributed by atoms with E-state index >= 15 is 0 Å². The van der Waals surface area contributed by atoms with Crippen LogP contribution in [-0.2, 0) is 86.4 Å². The monoisotopic (exact) mass is 923 g/mol. The summed E-state index contributed by atoms with van der Waals surface area (Å²) in [7, 11) is 0. The van der Waals surface area contributed by atoms with Crippen molar-refractivity contribution in [1.29, 1.82) is 0 Å². The number of ether oxygens (including phenoxy) is 10. The Balaban J connectivity index is 1.14. The highest BCUT2D eigenvalue weighted by Crippen LogP contribution is 2.38. The number of fused-ring (bicyclic) bond motifs is 1. The second-order valence-corrected chi connectivity index (χ2v) is 16.6. The third-order valence-corrected chi connectivity index (χ3v) is 11.7. The molecule has 0 aliphatic carbocycles. The van der Waals surface area contributed by atoms with Gasteiger partial charge < -0.3 is 63.3 Å². The van der Waals surface area contributed by atoms with E-state index in [1.54, 1.807) is 6.92 Å². The summed E-state index contributed by atoms with van der Waals surface area (Å²) >= 11 is 0. The summed E-state index contributed by atoms with van der Waals surface area (Å²) < 4.78 is 63.8. The maximum absolute atomic E-state index is 13.8. The minimum absolute atomic E-state index is 0.0487. The quantitative estimate of drug-likeness (QED) is 0.0907. The fourth-order valence-electron chi connectivity index (χ4n) is 8.50. The number of benzene rings is 4. The normalized spacial score (nSPS) is 30.0. The third kappa shape index (κ3) is 12.5. The van der Waals surface area contributed by atoms with E-state index in [4.69, 9.17) is 47.4 Å². The highest BCUT2D eigenvalue weighted by atomic mass is 16.8. The van der Waals surface area contributed by atoms with Crippen molar-refractivity contribution in [3.05, 3.63) is 144 Å². The highest BCUT2D eigenvalue weighted by molar-refractivity contribution is 5.93. The lowest BCUT2D eigenvalue weighted by Gasteiger charge is -2.52. The summed E-state index contributed by atoms with van der Waals surface area (Å²) in [6.07, 6.45) is -11.1. The lowest BCUT2D eigenvalue weighted by Crippen LogP contribution is -2.72. The summed E-state index contributed by atoms with van der Waals surface area (Å²) in [5.74, 6) is -2.19. The molecule has 4 saturated heterocycles. The molecule has 3 N–H and O–H groups in total. The Morgan fingerprint density at radius 2 is 1.18 bits per heavy atom. The van der Waals surface area contributed by atoms with Gasteiger partial charge in [-0.3, -0.25) is 14.4 Å². The number of carbonyl (C=O) groups excluding carboxylic acids is 4. The van der Waals surface area contributed by atoms with Crippen LogP contribution < -0.4 is 16.0 Å². The molecule has 4 heterocycles. The third-order valence-electron chi connectivity index (χ3n) is 11.7. The van der Waals surface area contributed by atoms with E-state index in [-0.39, 0.29) is 45.5 Å². The number of nitrogens with one attached hydrogen (secondary N) is 3. The van der Waals surface area contributed by atoms with Crippen LogP contribution in [0.3, 0.4) is 0 Å². The van der Waals surface area contributed by atoms with Crippen LogP contribution in [0.2, 0.25) is 0 Å². The van der Waals surface area contributed by atoms with Crippen molar-refractivity contribution in [2.24, 2.45) is 0 Å². The van der Waals surface area contributed by atoms with Crippen LogP contribution in [0, 0.1) is 0 Å². The summed E-state index contributed by atoms with van der Waals surface area (Å²) in [4.78, 5) is 52.6. The van der Waals surface area contributed by atoms with E-state index in [0.29, 0.717) is 0 Å². The minimum atomic E-state index is -1.26. The second kappa shape index (κ2) is 22.9. The SMILES string of the molecule is CCOC(=O)[C@@H]1O[C@H]1C(=O)N[C@@H]1O[C@H](COCc2ccccc2)[C@@H](O[C@@H]2O[C@@H]3CO[C@@H](c4ccccc4)O[C@H]3[C@H](OCc3ccccc3)[C@H]2NC(C)=O)[C@H](OCc2ccccc2)[C@H]1NC(C)=O. The van der Waals surface area contributed by atoms with Gasteiger partial charge in [0.1, 0.15) is 48.7 Å². The fourth-order valence-corrected chi connectivity index (χ4v) is 8.50. The molecular weight excluding hydrogens is 867 g/mol. The molecule has 13 atom stereocenters. The second-order valence-electron chi connectivity index (χ2n) is 16.6. The maximum atomic E-state index is 13.8. The minimum Gasteiger partial charge on any atom is -0.464 e. The van der Waals surface area contributed by atoms with Gasteiger partial charge in [-0.1, -0.05) is 121 Å². The number of hydrogen-bond acceptors (Lipinski definition) is 14. The molecule has 356 valence electrons. The first kappa shape index (κ1) is 47.9. The Bertz CT molecular complexity index is 2230. The summed E-state index contributed by atoms with van der Waals surface area (Å²) in [5, 5.41) is 8.81. The summed E-state index contributed by atoms with van der Waals surface area (Å²) in [6.45, 7) is 4.87. The Kier molecular flexibility index (Phi) is 16.4. The average Bonchev–Trinajstić information content (AvgIpc) is 4.15. The molecule has 3 amide bonds.